The van der Waals surface area contributed by atoms with E-state index in [-0.39, 0.29) is 5.75 Å². The lowest BCUT2D eigenvalue weighted by atomic mass is 10.5. The summed E-state index contributed by atoms with van der Waals surface area (Å²) in [7, 11) is 0. The summed E-state index contributed by atoms with van der Waals surface area (Å²) in [5.41, 5.74) is 0.809. The van der Waals surface area contributed by atoms with Crippen molar-refractivity contribution in [3.63, 3.8) is 0 Å². The Morgan fingerprint density at radius 3 is 3.00 bits per heavy atom. The molecule has 0 saturated carbocycles. The predicted octanol–water partition coefficient (Wildman–Crippen LogP) is 0.794. The van der Waals surface area contributed by atoms with Crippen molar-refractivity contribution in [3.8, 4) is 0 Å². The summed E-state index contributed by atoms with van der Waals surface area (Å²) in [6.07, 6.45) is 4.82. The molecule has 1 rings (SSSR count). The van der Waals surface area contributed by atoms with Crippen molar-refractivity contribution >= 4 is 17.7 Å². The number of hydrogen-bond donors (Lipinski definition) is 1. The molecule has 0 fully saturated rings. The summed E-state index contributed by atoms with van der Waals surface area (Å²) in [6, 6.07) is 0. The second-order valence-electron chi connectivity index (χ2n) is 2.08. The first kappa shape index (κ1) is 8.99. The monoisotopic (exact) mass is 184 g/mol. The summed E-state index contributed by atoms with van der Waals surface area (Å²) < 4.78 is 0. The van der Waals surface area contributed by atoms with Gasteiger partial charge in [-0.2, -0.15) is 0 Å². The average Bonchev–Trinajstić information content (AvgIpc) is 2.05. The van der Waals surface area contributed by atoms with E-state index < -0.39 is 5.97 Å². The van der Waals surface area contributed by atoms with Gasteiger partial charge in [0.25, 0.3) is 0 Å². The molecule has 1 N–H and O–H groups in total. The lowest BCUT2D eigenvalue weighted by Gasteiger charge is -1.95. The van der Waals surface area contributed by atoms with Crippen LogP contribution in [0.25, 0.3) is 0 Å². The zero-order valence-electron chi connectivity index (χ0n) is 6.30. The standard InChI is InChI=1S/C7H8N2O2S/c10-7(11)5-12-4-6-3-8-1-2-9-6/h1-3H,4-5H2,(H,10,11). The Hall–Kier alpha value is -1.10. The third kappa shape index (κ3) is 3.34. The van der Waals surface area contributed by atoms with Gasteiger partial charge in [0.2, 0.25) is 0 Å². The molecule has 0 bridgehead atoms. The van der Waals surface area contributed by atoms with E-state index in [9.17, 15) is 4.79 Å². The van der Waals surface area contributed by atoms with Gasteiger partial charge in [-0.1, -0.05) is 0 Å². The van der Waals surface area contributed by atoms with E-state index in [4.69, 9.17) is 5.11 Å². The van der Waals surface area contributed by atoms with Gasteiger partial charge in [0.05, 0.1) is 11.4 Å². The van der Waals surface area contributed by atoms with Crippen molar-refractivity contribution in [1.82, 2.24) is 9.97 Å². The molecule has 1 heterocycles. The van der Waals surface area contributed by atoms with Gasteiger partial charge in [0, 0.05) is 24.3 Å². The molecule has 0 aliphatic heterocycles. The molecule has 0 saturated heterocycles. The molecule has 0 atom stereocenters. The highest BCUT2D eigenvalue weighted by atomic mass is 32.2. The Bertz CT molecular complexity index is 253. The van der Waals surface area contributed by atoms with Crippen LogP contribution in [0.4, 0.5) is 0 Å². The van der Waals surface area contributed by atoms with Gasteiger partial charge >= 0.3 is 5.97 Å². The molecule has 1 aromatic rings. The Morgan fingerprint density at radius 1 is 1.58 bits per heavy atom. The third-order valence-corrected chi connectivity index (χ3v) is 2.04. The zero-order chi connectivity index (χ0) is 8.81. The highest BCUT2D eigenvalue weighted by molar-refractivity contribution is 7.99. The van der Waals surface area contributed by atoms with Crippen LogP contribution in [0.1, 0.15) is 5.69 Å². The van der Waals surface area contributed by atoms with Crippen LogP contribution < -0.4 is 0 Å². The molecule has 1 aromatic heterocycles. The van der Waals surface area contributed by atoms with Crippen LogP contribution in [0.2, 0.25) is 0 Å². The normalized spacial score (nSPS) is 9.67. The molecule has 0 aliphatic rings. The SMILES string of the molecule is O=C(O)CSCc1cnccn1. The Morgan fingerprint density at radius 2 is 2.42 bits per heavy atom. The number of carboxylic acids is 1. The van der Waals surface area contributed by atoms with Crippen molar-refractivity contribution < 1.29 is 9.90 Å². The largest absolute Gasteiger partial charge is 0.481 e. The van der Waals surface area contributed by atoms with Crippen LogP contribution in [-0.4, -0.2) is 26.8 Å². The quantitative estimate of drug-likeness (QED) is 0.749. The van der Waals surface area contributed by atoms with Gasteiger partial charge in [0.1, 0.15) is 0 Å². The molecular weight excluding hydrogens is 176 g/mol. The fraction of sp³-hybridized carbons (Fsp3) is 0.286. The molecule has 0 spiro atoms. The summed E-state index contributed by atoms with van der Waals surface area (Å²) in [5, 5.41) is 8.33. The van der Waals surface area contributed by atoms with Crippen molar-refractivity contribution in [2.45, 2.75) is 5.75 Å². The molecule has 0 radical (unpaired) electrons. The third-order valence-electron chi connectivity index (χ3n) is 1.09. The number of hydrogen-bond acceptors (Lipinski definition) is 4. The lowest BCUT2D eigenvalue weighted by Crippen LogP contribution is -1.98. The summed E-state index contributed by atoms with van der Waals surface area (Å²) in [6.45, 7) is 0. The van der Waals surface area contributed by atoms with Crippen LogP contribution in [0.5, 0.6) is 0 Å². The lowest BCUT2D eigenvalue weighted by molar-refractivity contribution is -0.133. The fourth-order valence-electron chi connectivity index (χ4n) is 0.647. The molecular formula is C7H8N2O2S. The summed E-state index contributed by atoms with van der Waals surface area (Å²) in [4.78, 5) is 18.0. The smallest absolute Gasteiger partial charge is 0.313 e. The minimum Gasteiger partial charge on any atom is -0.481 e. The fourth-order valence-corrected chi connectivity index (χ4v) is 1.28. The van der Waals surface area contributed by atoms with Gasteiger partial charge in [-0.05, 0) is 0 Å². The van der Waals surface area contributed by atoms with Gasteiger partial charge in [-0.15, -0.1) is 11.8 Å². The number of nitrogens with zero attached hydrogens (tertiary/aromatic N) is 2. The Balaban J connectivity index is 2.29. The second kappa shape index (κ2) is 4.71. The van der Waals surface area contributed by atoms with Gasteiger partial charge in [0.15, 0.2) is 0 Å². The van der Waals surface area contributed by atoms with E-state index in [1.54, 1.807) is 18.6 Å². The molecule has 4 nitrogen and oxygen atoms in total. The summed E-state index contributed by atoms with van der Waals surface area (Å²) >= 11 is 1.31. The number of aliphatic carboxylic acids is 1. The number of aromatic nitrogens is 2. The zero-order valence-corrected chi connectivity index (χ0v) is 7.12. The first-order valence-electron chi connectivity index (χ1n) is 3.33. The first-order valence-corrected chi connectivity index (χ1v) is 4.49. The Kier molecular flexibility index (Phi) is 3.53. The van der Waals surface area contributed by atoms with Crippen LogP contribution in [0, 0.1) is 0 Å². The predicted molar refractivity (Wildman–Crippen MR) is 45.8 cm³/mol. The average molecular weight is 184 g/mol. The van der Waals surface area contributed by atoms with E-state index >= 15 is 0 Å². The van der Waals surface area contributed by atoms with Gasteiger partial charge in [-0.25, -0.2) is 0 Å². The maximum Gasteiger partial charge on any atom is 0.313 e. The first-order chi connectivity index (χ1) is 5.79. The number of thioether (sulfide) groups is 1. The Labute approximate surface area is 74.0 Å². The number of carbonyl (C=O) groups is 1. The molecule has 5 heteroatoms. The molecule has 12 heavy (non-hydrogen) atoms. The van der Waals surface area contributed by atoms with Crippen molar-refractivity contribution in [3.05, 3.63) is 24.3 Å². The maximum atomic E-state index is 10.1. The van der Waals surface area contributed by atoms with E-state index in [0.717, 1.165) is 5.69 Å². The molecule has 64 valence electrons. The highest BCUT2D eigenvalue weighted by Gasteiger charge is 1.98. The minimum atomic E-state index is -0.802. The molecule has 0 amide bonds. The molecule has 0 unspecified atom stereocenters. The van der Waals surface area contributed by atoms with E-state index in [1.165, 1.54) is 11.8 Å². The molecule has 0 aromatic carbocycles. The van der Waals surface area contributed by atoms with Crippen LogP contribution >= 0.6 is 11.8 Å². The van der Waals surface area contributed by atoms with Crippen molar-refractivity contribution in [1.29, 1.82) is 0 Å². The number of carboxylic acid groups (broad SMARTS) is 1. The van der Waals surface area contributed by atoms with E-state index in [0.29, 0.717) is 5.75 Å². The van der Waals surface area contributed by atoms with Crippen molar-refractivity contribution in [2.24, 2.45) is 0 Å². The van der Waals surface area contributed by atoms with E-state index in [2.05, 4.69) is 9.97 Å². The molecule has 0 aliphatic carbocycles. The highest BCUT2D eigenvalue weighted by Crippen LogP contribution is 2.07. The van der Waals surface area contributed by atoms with Gasteiger partial charge in [-0.3, -0.25) is 14.8 Å². The minimum absolute atomic E-state index is 0.108. The van der Waals surface area contributed by atoms with Crippen LogP contribution in [0.15, 0.2) is 18.6 Å². The topological polar surface area (TPSA) is 63.1 Å². The number of rotatable bonds is 4. The van der Waals surface area contributed by atoms with Crippen LogP contribution in [0.3, 0.4) is 0 Å². The summed E-state index contributed by atoms with van der Waals surface area (Å²) in [5.74, 6) is -0.0969. The van der Waals surface area contributed by atoms with Gasteiger partial charge < -0.3 is 5.11 Å². The van der Waals surface area contributed by atoms with Crippen LogP contribution in [-0.2, 0) is 10.5 Å². The van der Waals surface area contributed by atoms with Crippen molar-refractivity contribution in [2.75, 3.05) is 5.75 Å². The maximum absolute atomic E-state index is 10.1. The second-order valence-corrected chi connectivity index (χ2v) is 3.07. The van der Waals surface area contributed by atoms with E-state index in [1.807, 2.05) is 0 Å².